The van der Waals surface area contributed by atoms with Crippen LogP contribution in [0.2, 0.25) is 4.34 Å². The minimum absolute atomic E-state index is 0.0218. The van der Waals surface area contributed by atoms with Crippen LogP contribution in [0.3, 0.4) is 0 Å². The number of nitrogens with one attached hydrogen (secondary N) is 2. The van der Waals surface area contributed by atoms with Crippen LogP contribution in [0.1, 0.15) is 26.5 Å². The highest BCUT2D eigenvalue weighted by atomic mass is 35.5. The standard InChI is InChI=1S/C23H22ClN7O4S/c24-19-7-6-18(36-19)23(35)29-13-14(30-26)12-28-17-5-4-15(31-10-2-1-3-21(31)33)11-16(17)22(34)27-9-8-20(25)32/h1-7,10-12H,8-9,13,26H2,(H2,25,32)(H,27,34)(H,29,35). The van der Waals surface area contributed by atoms with Crippen molar-refractivity contribution >= 4 is 58.3 Å². The van der Waals surface area contributed by atoms with Gasteiger partial charge in [-0.05, 0) is 36.4 Å². The van der Waals surface area contributed by atoms with Crippen molar-refractivity contribution in [2.75, 3.05) is 13.1 Å². The monoisotopic (exact) mass is 527 g/mol. The maximum Gasteiger partial charge on any atom is 0.261 e. The number of nitrogens with zero attached hydrogens (tertiary/aromatic N) is 3. The Morgan fingerprint density at radius 3 is 2.56 bits per heavy atom. The van der Waals surface area contributed by atoms with Gasteiger partial charge in [0.15, 0.2) is 0 Å². The second-order valence-electron chi connectivity index (χ2n) is 7.25. The third kappa shape index (κ3) is 7.10. The SMILES string of the molecule is NN=C(C=Nc1ccc(-n2ccccc2=O)cc1C(=O)NCCC(N)=O)CNC(=O)c1ccc(Cl)s1. The fraction of sp³-hybridized carbons (Fsp3) is 0.130. The predicted octanol–water partition coefficient (Wildman–Crippen LogP) is 1.60. The van der Waals surface area contributed by atoms with Crippen molar-refractivity contribution in [3.05, 3.63) is 79.9 Å². The summed E-state index contributed by atoms with van der Waals surface area (Å²) in [7, 11) is 0. The van der Waals surface area contributed by atoms with Crippen LogP contribution >= 0.6 is 22.9 Å². The molecule has 13 heteroatoms. The Hall–Kier alpha value is -4.29. The summed E-state index contributed by atoms with van der Waals surface area (Å²) in [4.78, 5) is 53.1. The van der Waals surface area contributed by atoms with Crippen LogP contribution in [0.25, 0.3) is 5.69 Å². The number of carbonyl (C=O) groups excluding carboxylic acids is 3. The molecule has 0 unspecified atom stereocenters. The molecular formula is C23H22ClN7O4S. The summed E-state index contributed by atoms with van der Waals surface area (Å²) in [6.07, 6.45) is 2.84. The van der Waals surface area contributed by atoms with Gasteiger partial charge in [0, 0.05) is 30.9 Å². The van der Waals surface area contributed by atoms with Crippen molar-refractivity contribution < 1.29 is 14.4 Å². The Kier molecular flexibility index (Phi) is 9.08. The van der Waals surface area contributed by atoms with E-state index in [-0.39, 0.29) is 47.9 Å². The molecule has 0 aliphatic rings. The van der Waals surface area contributed by atoms with Gasteiger partial charge in [0.25, 0.3) is 17.4 Å². The Morgan fingerprint density at radius 1 is 1.08 bits per heavy atom. The van der Waals surface area contributed by atoms with E-state index in [9.17, 15) is 19.2 Å². The second-order valence-corrected chi connectivity index (χ2v) is 8.96. The number of hydrogen-bond donors (Lipinski definition) is 4. The number of aliphatic imine (C=N–C) groups is 1. The minimum atomic E-state index is -0.561. The van der Waals surface area contributed by atoms with Crippen LogP contribution in [-0.4, -0.2) is 47.3 Å². The molecule has 0 fully saturated rings. The molecule has 3 amide bonds. The molecule has 2 aromatic heterocycles. The van der Waals surface area contributed by atoms with Gasteiger partial charge >= 0.3 is 0 Å². The summed E-state index contributed by atoms with van der Waals surface area (Å²) >= 11 is 6.99. The molecule has 3 aromatic rings. The summed E-state index contributed by atoms with van der Waals surface area (Å²) in [6, 6.07) is 12.6. The minimum Gasteiger partial charge on any atom is -0.370 e. The Morgan fingerprint density at radius 2 is 1.89 bits per heavy atom. The molecule has 6 N–H and O–H groups in total. The predicted molar refractivity (Wildman–Crippen MR) is 140 cm³/mol. The van der Waals surface area contributed by atoms with Crippen molar-refractivity contribution in [2.45, 2.75) is 6.42 Å². The number of hydrazone groups is 1. The maximum absolute atomic E-state index is 12.9. The van der Waals surface area contributed by atoms with E-state index in [1.54, 1.807) is 42.6 Å². The molecule has 0 bridgehead atoms. The molecule has 3 rings (SSSR count). The molecule has 36 heavy (non-hydrogen) atoms. The lowest BCUT2D eigenvalue weighted by molar-refractivity contribution is -0.117. The number of benzene rings is 1. The fourth-order valence-electron chi connectivity index (χ4n) is 2.97. The highest BCUT2D eigenvalue weighted by Gasteiger charge is 2.14. The van der Waals surface area contributed by atoms with Crippen LogP contribution in [0.4, 0.5) is 5.69 Å². The van der Waals surface area contributed by atoms with Gasteiger partial charge in [-0.15, -0.1) is 11.3 Å². The summed E-state index contributed by atoms with van der Waals surface area (Å²) in [6.45, 7) is 0.00704. The number of amides is 3. The van der Waals surface area contributed by atoms with E-state index in [0.29, 0.717) is 14.9 Å². The van der Waals surface area contributed by atoms with Gasteiger partial charge < -0.3 is 22.2 Å². The van der Waals surface area contributed by atoms with Crippen molar-refractivity contribution in [2.24, 2.45) is 21.7 Å². The third-order valence-electron chi connectivity index (χ3n) is 4.73. The number of rotatable bonds is 10. The Balaban J connectivity index is 1.83. The van der Waals surface area contributed by atoms with Gasteiger partial charge in [-0.2, -0.15) is 5.10 Å². The average molecular weight is 528 g/mol. The largest absolute Gasteiger partial charge is 0.370 e. The van der Waals surface area contributed by atoms with Gasteiger partial charge in [-0.25, -0.2) is 0 Å². The van der Waals surface area contributed by atoms with Crippen LogP contribution < -0.4 is 27.8 Å². The van der Waals surface area contributed by atoms with Crippen molar-refractivity contribution in [1.82, 2.24) is 15.2 Å². The van der Waals surface area contributed by atoms with E-state index in [0.717, 1.165) is 11.3 Å². The fourth-order valence-corrected chi connectivity index (χ4v) is 3.93. The molecule has 0 aliphatic carbocycles. The number of carbonyl (C=O) groups is 3. The number of halogens is 1. The second kappa shape index (κ2) is 12.4. The number of aromatic nitrogens is 1. The lowest BCUT2D eigenvalue weighted by atomic mass is 10.1. The van der Waals surface area contributed by atoms with Gasteiger partial charge in [0.2, 0.25) is 5.91 Å². The number of pyridine rings is 1. The third-order valence-corrected chi connectivity index (χ3v) is 5.96. The number of primary amides is 1. The quantitative estimate of drug-likeness (QED) is 0.178. The van der Waals surface area contributed by atoms with Crippen LogP contribution in [0.15, 0.2) is 69.6 Å². The zero-order chi connectivity index (χ0) is 26.1. The summed E-state index contributed by atoms with van der Waals surface area (Å²) < 4.78 is 1.85. The number of thiophene rings is 1. The van der Waals surface area contributed by atoms with E-state index in [4.69, 9.17) is 23.2 Å². The highest BCUT2D eigenvalue weighted by Crippen LogP contribution is 2.23. The zero-order valence-electron chi connectivity index (χ0n) is 18.8. The lowest BCUT2D eigenvalue weighted by Gasteiger charge is -2.11. The van der Waals surface area contributed by atoms with Gasteiger partial charge in [0.05, 0.1) is 38.9 Å². The number of hydrogen-bond acceptors (Lipinski definition) is 8. The summed E-state index contributed by atoms with van der Waals surface area (Å²) in [5.74, 6) is 4.00. The number of nitrogens with two attached hydrogens (primary N) is 2. The normalized spacial score (nSPS) is 11.4. The van der Waals surface area contributed by atoms with E-state index in [2.05, 4.69) is 20.7 Å². The van der Waals surface area contributed by atoms with Crippen LogP contribution in [-0.2, 0) is 4.79 Å². The highest BCUT2D eigenvalue weighted by molar-refractivity contribution is 7.18. The van der Waals surface area contributed by atoms with Gasteiger partial charge in [-0.3, -0.25) is 28.7 Å². The van der Waals surface area contributed by atoms with E-state index in [1.807, 2.05) is 0 Å². The average Bonchev–Trinajstić information content (AvgIpc) is 3.30. The lowest BCUT2D eigenvalue weighted by Crippen LogP contribution is -2.30. The van der Waals surface area contributed by atoms with Gasteiger partial charge in [0.1, 0.15) is 0 Å². The molecule has 0 aliphatic heterocycles. The van der Waals surface area contributed by atoms with Crippen LogP contribution in [0.5, 0.6) is 0 Å². The molecule has 186 valence electrons. The topological polar surface area (TPSA) is 174 Å². The Labute approximate surface area is 214 Å². The molecule has 0 spiro atoms. The molecular weight excluding hydrogens is 506 g/mol. The first-order valence-electron chi connectivity index (χ1n) is 10.5. The van der Waals surface area contributed by atoms with Gasteiger partial charge in [-0.1, -0.05) is 17.7 Å². The van der Waals surface area contributed by atoms with Crippen LogP contribution in [0, 0.1) is 0 Å². The first kappa shape index (κ1) is 26.3. The first-order valence-corrected chi connectivity index (χ1v) is 11.7. The Bertz CT molecular complexity index is 1400. The molecule has 1 aromatic carbocycles. The molecule has 0 radical (unpaired) electrons. The smallest absolute Gasteiger partial charge is 0.261 e. The van der Waals surface area contributed by atoms with Crippen molar-refractivity contribution in [1.29, 1.82) is 0 Å². The van der Waals surface area contributed by atoms with E-state index in [1.165, 1.54) is 22.9 Å². The van der Waals surface area contributed by atoms with Crippen molar-refractivity contribution in [3.8, 4) is 5.69 Å². The zero-order valence-corrected chi connectivity index (χ0v) is 20.4. The molecule has 0 saturated heterocycles. The van der Waals surface area contributed by atoms with E-state index < -0.39 is 11.8 Å². The van der Waals surface area contributed by atoms with E-state index >= 15 is 0 Å². The van der Waals surface area contributed by atoms with Crippen molar-refractivity contribution in [3.63, 3.8) is 0 Å². The molecule has 0 saturated carbocycles. The first-order chi connectivity index (χ1) is 17.3. The summed E-state index contributed by atoms with van der Waals surface area (Å²) in [5.41, 5.74) is 5.91. The maximum atomic E-state index is 12.9. The molecule has 11 nitrogen and oxygen atoms in total. The molecule has 2 heterocycles. The molecule has 0 atom stereocenters. The summed E-state index contributed by atoms with van der Waals surface area (Å²) in [5, 5.41) is 8.89.